The van der Waals surface area contributed by atoms with E-state index in [1.54, 1.807) is 6.92 Å². The van der Waals surface area contributed by atoms with Crippen LogP contribution in [0.4, 0.5) is 0 Å². The molecule has 0 aliphatic heterocycles. The third-order valence-electron chi connectivity index (χ3n) is 3.63. The van der Waals surface area contributed by atoms with E-state index in [1.165, 1.54) is 5.57 Å². The lowest BCUT2D eigenvalue weighted by Crippen LogP contribution is -2.04. The summed E-state index contributed by atoms with van der Waals surface area (Å²) < 4.78 is 0. The minimum atomic E-state index is 0.0850. The van der Waals surface area contributed by atoms with Gasteiger partial charge < -0.3 is 5.11 Å². The molecule has 0 aliphatic rings. The lowest BCUT2D eigenvalue weighted by atomic mass is 9.88. The highest BCUT2D eigenvalue weighted by Gasteiger charge is 2.11. The van der Waals surface area contributed by atoms with E-state index in [-0.39, 0.29) is 17.8 Å². The zero-order chi connectivity index (χ0) is 17.5. The van der Waals surface area contributed by atoms with E-state index in [4.69, 9.17) is 5.11 Å². The zero-order valence-electron chi connectivity index (χ0n) is 15.2. The van der Waals surface area contributed by atoms with Crippen molar-refractivity contribution in [2.24, 2.45) is 5.41 Å². The molecule has 0 saturated heterocycles. The van der Waals surface area contributed by atoms with Gasteiger partial charge in [0.2, 0.25) is 0 Å². The molecule has 2 heteroatoms. The Balaban J connectivity index is 3.13. The number of aliphatic hydroxyl groups excluding tert-OH is 1. The minimum Gasteiger partial charge on any atom is -0.396 e. The van der Waals surface area contributed by atoms with Gasteiger partial charge in [-0.3, -0.25) is 4.79 Å². The molecule has 1 aromatic rings. The van der Waals surface area contributed by atoms with Gasteiger partial charge in [0.05, 0.1) is 0 Å². The number of hydrogen-bond acceptors (Lipinski definition) is 2. The highest BCUT2D eigenvalue weighted by molar-refractivity contribution is 5.94. The fourth-order valence-electron chi connectivity index (χ4n) is 2.70. The molecule has 0 aromatic heterocycles. The maximum absolute atomic E-state index is 11.4. The summed E-state index contributed by atoms with van der Waals surface area (Å²) in [6.45, 7) is 10.6. The van der Waals surface area contributed by atoms with E-state index in [0.717, 1.165) is 42.4 Å². The summed E-state index contributed by atoms with van der Waals surface area (Å²) in [5.74, 6) is 0.0850. The molecule has 0 saturated carbocycles. The molecule has 1 N–H and O–H groups in total. The molecule has 0 aliphatic carbocycles. The van der Waals surface area contributed by atoms with Gasteiger partial charge >= 0.3 is 0 Å². The van der Waals surface area contributed by atoms with Crippen molar-refractivity contribution >= 4 is 11.4 Å². The van der Waals surface area contributed by atoms with E-state index in [0.29, 0.717) is 0 Å². The first-order valence-corrected chi connectivity index (χ1v) is 8.40. The average molecular weight is 314 g/mol. The summed E-state index contributed by atoms with van der Waals surface area (Å²) in [5, 5.41) is 9.01. The Morgan fingerprint density at radius 3 is 2.09 bits per heavy atom. The number of ketones is 1. The van der Waals surface area contributed by atoms with E-state index in [1.807, 2.05) is 24.3 Å². The van der Waals surface area contributed by atoms with Gasteiger partial charge in [0, 0.05) is 17.7 Å². The summed E-state index contributed by atoms with van der Waals surface area (Å²) in [4.78, 5) is 11.4. The second kappa shape index (κ2) is 8.86. The number of rotatable bonds is 7. The van der Waals surface area contributed by atoms with Crippen molar-refractivity contribution in [2.45, 2.75) is 60.3 Å². The molecule has 1 aromatic carbocycles. The van der Waals surface area contributed by atoms with Crippen LogP contribution in [0.15, 0.2) is 35.6 Å². The highest BCUT2D eigenvalue weighted by atomic mass is 16.2. The van der Waals surface area contributed by atoms with Crippen molar-refractivity contribution in [1.29, 1.82) is 0 Å². The van der Waals surface area contributed by atoms with Crippen LogP contribution in [0.25, 0.3) is 5.57 Å². The number of benzene rings is 1. The van der Waals surface area contributed by atoms with Gasteiger partial charge in [-0.15, -0.1) is 5.73 Å². The van der Waals surface area contributed by atoms with Crippen LogP contribution in [0.2, 0.25) is 0 Å². The normalized spacial score (nSPS) is 11.0. The average Bonchev–Trinajstić information content (AvgIpc) is 2.44. The standard InChI is InChI=1S/C21H30O2/c1-16(15-21(3,4)5)14-20(8-6-7-13-22)19-11-9-18(10-12-19)17(2)23/h9-12,22H,6-8,13,15H2,1-5H3. The Bertz CT molecular complexity index is 579. The summed E-state index contributed by atoms with van der Waals surface area (Å²) in [7, 11) is 0. The maximum Gasteiger partial charge on any atom is 0.159 e. The Labute approximate surface area is 140 Å². The number of aliphatic hydroxyl groups is 1. The molecule has 23 heavy (non-hydrogen) atoms. The molecular formula is C21H30O2. The van der Waals surface area contributed by atoms with Crippen molar-refractivity contribution in [2.75, 3.05) is 6.61 Å². The second-order valence-corrected chi connectivity index (χ2v) is 7.44. The van der Waals surface area contributed by atoms with Gasteiger partial charge in [-0.05, 0) is 56.1 Å². The van der Waals surface area contributed by atoms with Crippen LogP contribution in [0.1, 0.15) is 76.2 Å². The van der Waals surface area contributed by atoms with E-state index in [9.17, 15) is 4.79 Å². The number of carbonyl (C=O) groups is 1. The fourth-order valence-corrected chi connectivity index (χ4v) is 2.70. The highest BCUT2D eigenvalue weighted by Crippen LogP contribution is 2.26. The molecule has 0 atom stereocenters. The predicted octanol–water partition coefficient (Wildman–Crippen LogP) is 5.42. The maximum atomic E-state index is 11.4. The van der Waals surface area contributed by atoms with Crippen LogP contribution in [0.3, 0.4) is 0 Å². The smallest absolute Gasteiger partial charge is 0.159 e. The van der Waals surface area contributed by atoms with Gasteiger partial charge in [-0.1, -0.05) is 45.0 Å². The Morgan fingerprint density at radius 2 is 1.61 bits per heavy atom. The third kappa shape index (κ3) is 7.45. The summed E-state index contributed by atoms with van der Waals surface area (Å²) in [6.07, 6.45) is 3.63. The van der Waals surface area contributed by atoms with Crippen molar-refractivity contribution in [3.63, 3.8) is 0 Å². The molecule has 2 nitrogen and oxygen atoms in total. The summed E-state index contributed by atoms with van der Waals surface area (Å²) >= 11 is 0. The summed E-state index contributed by atoms with van der Waals surface area (Å²) in [6, 6.07) is 7.76. The fraction of sp³-hybridized carbons (Fsp3) is 0.524. The topological polar surface area (TPSA) is 37.3 Å². The number of Topliss-reactive ketones (excluding diaryl/α,β-unsaturated/α-hetero) is 1. The number of unbranched alkanes of at least 4 members (excludes halogenated alkanes) is 1. The Kier molecular flexibility index (Phi) is 7.48. The molecule has 0 bridgehead atoms. The monoisotopic (exact) mass is 314 g/mol. The van der Waals surface area contributed by atoms with Crippen molar-refractivity contribution in [1.82, 2.24) is 0 Å². The second-order valence-electron chi connectivity index (χ2n) is 7.44. The van der Waals surface area contributed by atoms with Crippen LogP contribution < -0.4 is 0 Å². The first-order chi connectivity index (χ1) is 10.7. The van der Waals surface area contributed by atoms with Crippen LogP contribution in [-0.4, -0.2) is 17.5 Å². The lowest BCUT2D eigenvalue weighted by molar-refractivity contribution is 0.101. The third-order valence-corrected chi connectivity index (χ3v) is 3.63. The van der Waals surface area contributed by atoms with Crippen LogP contribution in [-0.2, 0) is 0 Å². The number of hydrogen-bond donors (Lipinski definition) is 1. The van der Waals surface area contributed by atoms with Gasteiger partial charge in [-0.25, -0.2) is 0 Å². The van der Waals surface area contributed by atoms with Gasteiger partial charge in [0.1, 0.15) is 0 Å². The lowest BCUT2D eigenvalue weighted by Gasteiger charge is -2.17. The largest absolute Gasteiger partial charge is 0.396 e. The zero-order valence-corrected chi connectivity index (χ0v) is 15.2. The van der Waals surface area contributed by atoms with Gasteiger partial charge in [0.15, 0.2) is 5.78 Å². The quantitative estimate of drug-likeness (QED) is 0.415. The molecule has 126 valence electrons. The molecule has 0 radical (unpaired) electrons. The molecular weight excluding hydrogens is 284 g/mol. The molecule has 1 rings (SSSR count). The van der Waals surface area contributed by atoms with Crippen molar-refractivity contribution < 1.29 is 9.90 Å². The van der Waals surface area contributed by atoms with Gasteiger partial charge in [0.25, 0.3) is 0 Å². The van der Waals surface area contributed by atoms with Crippen LogP contribution >= 0.6 is 0 Å². The number of carbonyl (C=O) groups excluding carboxylic acids is 1. The predicted molar refractivity (Wildman–Crippen MR) is 97.6 cm³/mol. The molecule has 0 spiro atoms. The first-order valence-electron chi connectivity index (χ1n) is 8.40. The minimum absolute atomic E-state index is 0.0850. The first kappa shape index (κ1) is 19.4. The van der Waals surface area contributed by atoms with Crippen LogP contribution in [0.5, 0.6) is 0 Å². The SMILES string of the molecule is CC(=O)c1ccc(C(=C=C(C)CC(C)(C)C)CCCCO)cc1. The molecule has 0 heterocycles. The molecule has 0 fully saturated rings. The molecule has 0 amide bonds. The Morgan fingerprint density at radius 1 is 1.04 bits per heavy atom. The van der Waals surface area contributed by atoms with Crippen molar-refractivity contribution in [3.05, 3.63) is 46.7 Å². The Hall–Kier alpha value is -1.63. The number of allylic oxidation sites excluding steroid dienone is 1. The molecule has 0 unspecified atom stereocenters. The van der Waals surface area contributed by atoms with E-state index in [2.05, 4.69) is 33.4 Å². The van der Waals surface area contributed by atoms with E-state index < -0.39 is 0 Å². The van der Waals surface area contributed by atoms with Crippen LogP contribution in [0, 0.1) is 5.41 Å². The van der Waals surface area contributed by atoms with E-state index >= 15 is 0 Å². The summed E-state index contributed by atoms with van der Waals surface area (Å²) in [5.41, 5.74) is 8.06. The van der Waals surface area contributed by atoms with Crippen molar-refractivity contribution in [3.8, 4) is 0 Å². The van der Waals surface area contributed by atoms with Gasteiger partial charge in [-0.2, -0.15) is 0 Å².